The molecule has 0 radical (unpaired) electrons. The third kappa shape index (κ3) is 6.20. The monoisotopic (exact) mass is 770 g/mol. The van der Waals surface area contributed by atoms with E-state index in [4.69, 9.17) is 0 Å². The van der Waals surface area contributed by atoms with E-state index in [0.29, 0.717) is 0 Å². The molecule has 0 aliphatic rings. The van der Waals surface area contributed by atoms with Gasteiger partial charge in [0.15, 0.2) is 0 Å². The van der Waals surface area contributed by atoms with E-state index in [9.17, 15) is 0 Å². The summed E-state index contributed by atoms with van der Waals surface area (Å²) in [6.45, 7) is 0. The molecule has 1 aromatic heterocycles. The van der Waals surface area contributed by atoms with Gasteiger partial charge in [0.05, 0.1) is 20.8 Å². The molecule has 0 spiro atoms. The van der Waals surface area contributed by atoms with Crippen LogP contribution in [-0.4, -0.2) is 0 Å². The summed E-state index contributed by atoms with van der Waals surface area (Å²) in [5.41, 5.74) is 11.6. The van der Waals surface area contributed by atoms with Gasteiger partial charge < -0.3 is 9.80 Å². The molecule has 278 valence electrons. The summed E-state index contributed by atoms with van der Waals surface area (Å²) in [6.07, 6.45) is 0. The predicted molar refractivity (Wildman–Crippen MR) is 255 cm³/mol. The Morgan fingerprint density at radius 3 is 0.966 bits per heavy atom. The number of fused-ring (bicyclic) bond motifs is 7. The number of hydrogen-bond acceptors (Lipinski definition) is 3. The molecule has 11 rings (SSSR count). The lowest BCUT2D eigenvalue weighted by Gasteiger charge is -2.27. The SMILES string of the molecule is c1ccc(-c2ccc(N(c3ccccc3)c3cc4ccccc4c4c3sc3c(N(c5ccccc5)c5ccc(-c6ccccc6)cc5)cc5ccccc5c34)cc2)cc1. The zero-order valence-corrected chi connectivity index (χ0v) is 33.1. The Labute approximate surface area is 348 Å². The minimum Gasteiger partial charge on any atom is -0.309 e. The van der Waals surface area contributed by atoms with E-state index >= 15 is 0 Å². The third-order valence-electron chi connectivity index (χ3n) is 11.4. The van der Waals surface area contributed by atoms with E-state index in [1.807, 2.05) is 11.3 Å². The quantitative estimate of drug-likeness (QED) is 0.152. The second kappa shape index (κ2) is 14.8. The predicted octanol–water partition coefficient (Wildman–Crippen LogP) is 16.6. The van der Waals surface area contributed by atoms with Crippen molar-refractivity contribution in [2.75, 3.05) is 9.80 Å². The standard InChI is InChI=1S/C56H38N2S/c1-5-17-39(18-6-1)41-29-33-47(34-30-41)57(45-23-9-3-10-24-45)51-37-43-21-13-15-27-49(43)53-54-50-28-16-14-22-44(50)38-52(56(54)59-55(51)53)58(46-25-11-4-12-26-46)48-35-31-42(32-36-48)40-19-7-2-8-20-40/h1-38H. The molecule has 11 aromatic rings. The second-order valence-corrected chi connectivity index (χ2v) is 15.9. The maximum Gasteiger partial charge on any atom is 0.0646 e. The van der Waals surface area contributed by atoms with Crippen molar-refractivity contribution in [1.29, 1.82) is 0 Å². The van der Waals surface area contributed by atoms with Crippen LogP contribution in [0.25, 0.3) is 64.0 Å². The third-order valence-corrected chi connectivity index (χ3v) is 12.6. The summed E-state index contributed by atoms with van der Waals surface area (Å²) in [4.78, 5) is 4.89. The van der Waals surface area contributed by atoms with Crippen molar-refractivity contribution in [3.63, 3.8) is 0 Å². The maximum atomic E-state index is 2.44. The lowest BCUT2D eigenvalue weighted by molar-refractivity contribution is 1.30. The average molecular weight is 771 g/mol. The van der Waals surface area contributed by atoms with Crippen molar-refractivity contribution in [3.8, 4) is 22.3 Å². The normalized spacial score (nSPS) is 11.4. The van der Waals surface area contributed by atoms with Crippen LogP contribution in [0, 0.1) is 0 Å². The van der Waals surface area contributed by atoms with E-state index in [1.165, 1.54) is 64.0 Å². The number of rotatable bonds is 8. The molecule has 0 aliphatic heterocycles. The van der Waals surface area contributed by atoms with Crippen LogP contribution in [0.2, 0.25) is 0 Å². The van der Waals surface area contributed by atoms with Crippen LogP contribution in [-0.2, 0) is 0 Å². The molecule has 0 aliphatic carbocycles. The molecule has 3 heteroatoms. The zero-order valence-electron chi connectivity index (χ0n) is 32.2. The van der Waals surface area contributed by atoms with E-state index in [1.54, 1.807) is 0 Å². The van der Waals surface area contributed by atoms with Gasteiger partial charge in [0.25, 0.3) is 0 Å². The highest BCUT2D eigenvalue weighted by Crippen LogP contribution is 2.53. The van der Waals surface area contributed by atoms with Gasteiger partial charge in [0, 0.05) is 33.5 Å². The Morgan fingerprint density at radius 2 is 0.576 bits per heavy atom. The number of para-hydroxylation sites is 2. The van der Waals surface area contributed by atoms with Crippen LogP contribution < -0.4 is 9.80 Å². The van der Waals surface area contributed by atoms with Crippen LogP contribution in [0.1, 0.15) is 0 Å². The maximum absolute atomic E-state index is 2.44. The average Bonchev–Trinajstić information content (AvgIpc) is 3.73. The summed E-state index contributed by atoms with van der Waals surface area (Å²) in [5.74, 6) is 0. The van der Waals surface area contributed by atoms with E-state index < -0.39 is 0 Å². The van der Waals surface area contributed by atoms with Gasteiger partial charge in [-0.05, 0) is 104 Å². The fraction of sp³-hybridized carbons (Fsp3) is 0. The highest BCUT2D eigenvalue weighted by Gasteiger charge is 2.25. The van der Waals surface area contributed by atoms with Crippen molar-refractivity contribution in [3.05, 3.63) is 231 Å². The highest BCUT2D eigenvalue weighted by atomic mass is 32.1. The van der Waals surface area contributed by atoms with Gasteiger partial charge in [0.2, 0.25) is 0 Å². The molecule has 0 unspecified atom stereocenters. The molecule has 0 saturated heterocycles. The van der Waals surface area contributed by atoms with Gasteiger partial charge in [-0.3, -0.25) is 0 Å². The van der Waals surface area contributed by atoms with Gasteiger partial charge in [-0.25, -0.2) is 0 Å². The molecule has 0 saturated carbocycles. The number of benzene rings is 10. The fourth-order valence-corrected chi connectivity index (χ4v) is 9.98. The Hall–Kier alpha value is -7.46. The van der Waals surface area contributed by atoms with Crippen molar-refractivity contribution >= 4 is 87.2 Å². The summed E-state index contributed by atoms with van der Waals surface area (Å²) in [6, 6.07) is 83.5. The van der Waals surface area contributed by atoms with E-state index in [-0.39, 0.29) is 0 Å². The van der Waals surface area contributed by atoms with Crippen LogP contribution in [0.3, 0.4) is 0 Å². The molecule has 1 heterocycles. The molecule has 0 N–H and O–H groups in total. The summed E-state index contributed by atoms with van der Waals surface area (Å²) in [5, 5.41) is 7.50. The summed E-state index contributed by atoms with van der Waals surface area (Å²) >= 11 is 1.90. The highest BCUT2D eigenvalue weighted by molar-refractivity contribution is 7.27. The number of hydrogen-bond donors (Lipinski definition) is 0. The largest absolute Gasteiger partial charge is 0.309 e. The Kier molecular flexibility index (Phi) is 8.72. The second-order valence-electron chi connectivity index (χ2n) is 14.9. The fourth-order valence-electron chi connectivity index (χ4n) is 8.64. The molecular formula is C56H38N2S. The number of anilines is 6. The Bertz CT molecular complexity index is 3010. The summed E-state index contributed by atoms with van der Waals surface area (Å²) < 4.78 is 2.50. The first-order valence-electron chi connectivity index (χ1n) is 20.1. The smallest absolute Gasteiger partial charge is 0.0646 e. The van der Waals surface area contributed by atoms with Gasteiger partial charge in [0.1, 0.15) is 0 Å². The van der Waals surface area contributed by atoms with E-state index in [2.05, 4.69) is 240 Å². The molecule has 2 nitrogen and oxygen atoms in total. The van der Waals surface area contributed by atoms with Crippen molar-refractivity contribution in [1.82, 2.24) is 0 Å². The lowest BCUT2D eigenvalue weighted by Crippen LogP contribution is -2.10. The molecule has 0 bridgehead atoms. The van der Waals surface area contributed by atoms with Gasteiger partial charge in [-0.2, -0.15) is 0 Å². The minimum absolute atomic E-state index is 1.11. The van der Waals surface area contributed by atoms with Crippen molar-refractivity contribution < 1.29 is 0 Å². The molecule has 59 heavy (non-hydrogen) atoms. The molecule has 0 fully saturated rings. The van der Waals surface area contributed by atoms with Crippen molar-refractivity contribution in [2.45, 2.75) is 0 Å². The van der Waals surface area contributed by atoms with Gasteiger partial charge in [-0.1, -0.05) is 170 Å². The molecule has 10 aromatic carbocycles. The van der Waals surface area contributed by atoms with E-state index in [0.717, 1.165) is 34.1 Å². The first kappa shape index (κ1) is 34.8. The lowest BCUT2D eigenvalue weighted by atomic mass is 9.97. The number of nitrogens with zero attached hydrogens (tertiary/aromatic N) is 2. The molecule has 0 atom stereocenters. The van der Waals surface area contributed by atoms with Crippen LogP contribution in [0.5, 0.6) is 0 Å². The molecular weight excluding hydrogens is 733 g/mol. The first-order chi connectivity index (χ1) is 29.3. The van der Waals surface area contributed by atoms with Gasteiger partial charge >= 0.3 is 0 Å². The summed E-state index contributed by atoms with van der Waals surface area (Å²) in [7, 11) is 0. The number of thiophene rings is 1. The topological polar surface area (TPSA) is 6.48 Å². The Balaban J connectivity index is 1.20. The Morgan fingerprint density at radius 1 is 0.271 bits per heavy atom. The van der Waals surface area contributed by atoms with Crippen molar-refractivity contribution in [2.24, 2.45) is 0 Å². The first-order valence-corrected chi connectivity index (χ1v) is 20.9. The zero-order chi connectivity index (χ0) is 39.1. The van der Waals surface area contributed by atoms with Crippen LogP contribution in [0.15, 0.2) is 231 Å². The van der Waals surface area contributed by atoms with Crippen LogP contribution in [0.4, 0.5) is 34.1 Å². The van der Waals surface area contributed by atoms with Gasteiger partial charge in [-0.15, -0.1) is 11.3 Å². The van der Waals surface area contributed by atoms with Crippen LogP contribution >= 0.6 is 11.3 Å². The minimum atomic E-state index is 1.11. The molecule has 0 amide bonds.